The average Bonchev–Trinajstić information content (AvgIpc) is 2.32. The molecule has 0 spiro atoms. The van der Waals surface area contributed by atoms with Crippen molar-refractivity contribution in [3.8, 4) is 5.75 Å². The van der Waals surface area contributed by atoms with E-state index in [9.17, 15) is 0 Å². The van der Waals surface area contributed by atoms with Crippen LogP contribution in [0.1, 0.15) is 24.8 Å². The first-order chi connectivity index (χ1) is 8.24. The summed E-state index contributed by atoms with van der Waals surface area (Å²) in [5.74, 6) is 0.876. The Hall–Kier alpha value is -0.800. The Balaban J connectivity index is 1.90. The molecule has 0 aliphatic carbocycles. The molecule has 2 rings (SSSR count). The van der Waals surface area contributed by atoms with E-state index in [0.717, 1.165) is 36.1 Å². The molecule has 3 heteroatoms. The van der Waals surface area contributed by atoms with Gasteiger partial charge in [0, 0.05) is 12.8 Å². The second-order valence-electron chi connectivity index (χ2n) is 4.25. The first-order valence-corrected chi connectivity index (χ1v) is 6.74. The van der Waals surface area contributed by atoms with E-state index in [1.165, 1.54) is 12.0 Å². The van der Waals surface area contributed by atoms with Gasteiger partial charge in [-0.2, -0.15) is 0 Å². The monoisotopic (exact) mass is 296 g/mol. The number of hydrogen-bond acceptors (Lipinski definition) is 2. The number of benzene rings is 1. The van der Waals surface area contributed by atoms with E-state index in [1.807, 2.05) is 12.1 Å². The van der Waals surface area contributed by atoms with Gasteiger partial charge >= 0.3 is 0 Å². The van der Waals surface area contributed by atoms with Crippen LogP contribution in [0.3, 0.4) is 0 Å². The predicted molar refractivity (Wildman–Crippen MR) is 72.4 cm³/mol. The summed E-state index contributed by atoms with van der Waals surface area (Å²) < 4.78 is 12.3. The van der Waals surface area contributed by atoms with E-state index in [1.54, 1.807) is 0 Å². The highest BCUT2D eigenvalue weighted by Gasteiger charge is 2.14. The molecule has 1 aromatic carbocycles. The zero-order valence-corrected chi connectivity index (χ0v) is 11.4. The van der Waals surface area contributed by atoms with Gasteiger partial charge in [-0.1, -0.05) is 34.6 Å². The summed E-state index contributed by atoms with van der Waals surface area (Å²) in [6.07, 6.45) is 4.10. The Morgan fingerprint density at radius 3 is 2.71 bits per heavy atom. The van der Waals surface area contributed by atoms with Crippen molar-refractivity contribution in [3.63, 3.8) is 0 Å². The molecule has 0 unspecified atom stereocenters. The summed E-state index contributed by atoms with van der Waals surface area (Å²) in [6.45, 7) is 4.64. The van der Waals surface area contributed by atoms with Crippen molar-refractivity contribution < 1.29 is 9.47 Å². The maximum Gasteiger partial charge on any atom is 0.199 e. The minimum absolute atomic E-state index is 0.0688. The molecule has 1 saturated heterocycles. The van der Waals surface area contributed by atoms with Crippen LogP contribution in [-0.4, -0.2) is 12.9 Å². The minimum atomic E-state index is -0.0688. The highest BCUT2D eigenvalue weighted by atomic mass is 79.9. The summed E-state index contributed by atoms with van der Waals surface area (Å²) in [4.78, 5) is 0. The maximum atomic E-state index is 5.76. The largest absolute Gasteiger partial charge is 0.465 e. The van der Waals surface area contributed by atoms with Crippen LogP contribution in [0.25, 0.3) is 0 Å². The van der Waals surface area contributed by atoms with Gasteiger partial charge in [-0.15, -0.1) is 0 Å². The average molecular weight is 297 g/mol. The summed E-state index contributed by atoms with van der Waals surface area (Å²) in [5, 5.41) is 0. The first kappa shape index (κ1) is 12.7. The highest BCUT2D eigenvalue weighted by molar-refractivity contribution is 9.11. The lowest BCUT2D eigenvalue weighted by molar-refractivity contribution is -0.105. The van der Waals surface area contributed by atoms with E-state index >= 15 is 0 Å². The molecule has 17 heavy (non-hydrogen) atoms. The van der Waals surface area contributed by atoms with E-state index in [2.05, 4.69) is 34.6 Å². The summed E-state index contributed by atoms with van der Waals surface area (Å²) in [5.41, 5.74) is 1.23. The lowest BCUT2D eigenvalue weighted by Crippen LogP contribution is -2.24. The van der Waals surface area contributed by atoms with Crippen molar-refractivity contribution in [2.75, 3.05) is 6.61 Å². The molecule has 1 aliphatic rings. The molecule has 1 atom stereocenters. The lowest BCUT2D eigenvalue weighted by atomic mass is 10.1. The van der Waals surface area contributed by atoms with Gasteiger partial charge < -0.3 is 9.47 Å². The third-order valence-corrected chi connectivity index (χ3v) is 3.01. The van der Waals surface area contributed by atoms with Crippen LogP contribution in [-0.2, 0) is 11.2 Å². The second-order valence-corrected chi connectivity index (χ2v) is 5.37. The van der Waals surface area contributed by atoms with Crippen molar-refractivity contribution in [2.24, 2.45) is 0 Å². The fourth-order valence-corrected chi connectivity index (χ4v) is 2.19. The SMILES string of the molecule is C=C(Br)Cc1ccc(O[C@H]2CCCCO2)cc1. The molecular weight excluding hydrogens is 280 g/mol. The number of halogens is 1. The normalized spacial score (nSPS) is 19.9. The van der Waals surface area contributed by atoms with Gasteiger partial charge in [0.2, 0.25) is 0 Å². The van der Waals surface area contributed by atoms with Crippen molar-refractivity contribution in [3.05, 3.63) is 40.9 Å². The van der Waals surface area contributed by atoms with Gasteiger partial charge in [-0.05, 0) is 35.0 Å². The summed E-state index contributed by atoms with van der Waals surface area (Å²) in [7, 11) is 0. The fourth-order valence-electron chi connectivity index (χ4n) is 1.86. The van der Waals surface area contributed by atoms with E-state index in [0.29, 0.717) is 0 Å². The predicted octanol–water partition coefficient (Wildman–Crippen LogP) is 4.04. The Morgan fingerprint density at radius 2 is 2.12 bits per heavy atom. The molecule has 1 aromatic rings. The van der Waals surface area contributed by atoms with Crippen molar-refractivity contribution in [1.29, 1.82) is 0 Å². The number of ether oxygens (including phenoxy) is 2. The van der Waals surface area contributed by atoms with Crippen LogP contribution in [0.2, 0.25) is 0 Å². The van der Waals surface area contributed by atoms with E-state index < -0.39 is 0 Å². The molecule has 2 nitrogen and oxygen atoms in total. The molecule has 0 aromatic heterocycles. The fraction of sp³-hybridized carbons (Fsp3) is 0.429. The van der Waals surface area contributed by atoms with Crippen molar-refractivity contribution in [1.82, 2.24) is 0 Å². The van der Waals surface area contributed by atoms with Crippen molar-refractivity contribution >= 4 is 15.9 Å². The Morgan fingerprint density at radius 1 is 1.35 bits per heavy atom. The molecule has 0 amide bonds. The van der Waals surface area contributed by atoms with Gasteiger partial charge in [0.25, 0.3) is 0 Å². The van der Waals surface area contributed by atoms with Gasteiger partial charge in [0.15, 0.2) is 6.29 Å². The van der Waals surface area contributed by atoms with Gasteiger partial charge in [-0.25, -0.2) is 0 Å². The molecule has 1 heterocycles. The van der Waals surface area contributed by atoms with Crippen LogP contribution in [0, 0.1) is 0 Å². The molecule has 1 aliphatic heterocycles. The lowest BCUT2D eigenvalue weighted by Gasteiger charge is -2.23. The number of rotatable bonds is 4. The van der Waals surface area contributed by atoms with Crippen LogP contribution >= 0.6 is 15.9 Å². The molecule has 0 saturated carbocycles. The van der Waals surface area contributed by atoms with E-state index in [4.69, 9.17) is 9.47 Å². The third kappa shape index (κ3) is 4.17. The summed E-state index contributed by atoms with van der Waals surface area (Å²) in [6, 6.07) is 8.10. The first-order valence-electron chi connectivity index (χ1n) is 5.94. The number of allylic oxidation sites excluding steroid dienone is 1. The van der Waals surface area contributed by atoms with Gasteiger partial charge in [-0.3, -0.25) is 0 Å². The molecule has 0 N–H and O–H groups in total. The van der Waals surface area contributed by atoms with Crippen molar-refractivity contribution in [2.45, 2.75) is 32.0 Å². The molecule has 0 radical (unpaired) electrons. The Labute approximate surface area is 111 Å². The van der Waals surface area contributed by atoms with Gasteiger partial charge in [0.05, 0.1) is 6.61 Å². The van der Waals surface area contributed by atoms with E-state index in [-0.39, 0.29) is 6.29 Å². The molecule has 0 bridgehead atoms. The van der Waals surface area contributed by atoms with Crippen LogP contribution < -0.4 is 4.74 Å². The zero-order chi connectivity index (χ0) is 12.1. The second kappa shape index (κ2) is 6.22. The maximum absolute atomic E-state index is 5.76. The van der Waals surface area contributed by atoms with Crippen LogP contribution in [0.15, 0.2) is 35.3 Å². The standard InChI is InChI=1S/C14H17BrO2/c1-11(15)10-12-5-7-13(8-6-12)17-14-4-2-3-9-16-14/h5-8,14H,1-4,9-10H2/t14-/m0/s1. The molecule has 92 valence electrons. The third-order valence-electron chi connectivity index (χ3n) is 2.72. The number of hydrogen-bond donors (Lipinski definition) is 0. The van der Waals surface area contributed by atoms with Crippen LogP contribution in [0.5, 0.6) is 5.75 Å². The summed E-state index contributed by atoms with van der Waals surface area (Å²) >= 11 is 3.36. The molecular formula is C14H17BrO2. The Kier molecular flexibility index (Phi) is 4.63. The minimum Gasteiger partial charge on any atom is -0.465 e. The zero-order valence-electron chi connectivity index (χ0n) is 9.82. The highest BCUT2D eigenvalue weighted by Crippen LogP contribution is 2.20. The van der Waals surface area contributed by atoms with Gasteiger partial charge in [0.1, 0.15) is 5.75 Å². The Bertz CT molecular complexity index is 366. The topological polar surface area (TPSA) is 18.5 Å². The smallest absolute Gasteiger partial charge is 0.199 e. The molecule has 1 fully saturated rings. The van der Waals surface area contributed by atoms with Crippen LogP contribution in [0.4, 0.5) is 0 Å². The quantitative estimate of drug-likeness (QED) is 0.835.